The Morgan fingerprint density at radius 2 is 1.89 bits per heavy atom. The second-order valence-corrected chi connectivity index (χ2v) is 4.39. The summed E-state index contributed by atoms with van der Waals surface area (Å²) in [5, 5.41) is 0. The van der Waals surface area contributed by atoms with E-state index in [0.29, 0.717) is 19.0 Å². The number of nitrogens with two attached hydrogens (primary N) is 1. The van der Waals surface area contributed by atoms with Crippen LogP contribution in [0.2, 0.25) is 0 Å². The quantitative estimate of drug-likeness (QED) is 0.878. The molecule has 1 aromatic rings. The van der Waals surface area contributed by atoms with E-state index < -0.39 is 5.79 Å². The van der Waals surface area contributed by atoms with Crippen molar-refractivity contribution in [2.24, 2.45) is 5.73 Å². The maximum Gasteiger partial charge on any atom is 0.195 e. The third-order valence-corrected chi connectivity index (χ3v) is 3.04. The molecule has 0 aromatic heterocycles. The lowest BCUT2D eigenvalue weighted by atomic mass is 10.0. The number of ether oxygens (including phenoxy) is 4. The van der Waals surface area contributed by atoms with Gasteiger partial charge in [-0.05, 0) is 19.1 Å². The molecule has 0 unspecified atom stereocenters. The molecule has 1 aliphatic rings. The lowest BCUT2D eigenvalue weighted by Gasteiger charge is -2.37. The topological polar surface area (TPSA) is 62.9 Å². The van der Waals surface area contributed by atoms with Crippen LogP contribution in [0.15, 0.2) is 18.2 Å². The smallest absolute Gasteiger partial charge is 0.195 e. The van der Waals surface area contributed by atoms with Gasteiger partial charge in [0.15, 0.2) is 5.79 Å². The van der Waals surface area contributed by atoms with E-state index >= 15 is 0 Å². The van der Waals surface area contributed by atoms with E-state index in [4.69, 9.17) is 24.7 Å². The monoisotopic (exact) mass is 253 g/mol. The van der Waals surface area contributed by atoms with Gasteiger partial charge in [0.25, 0.3) is 0 Å². The molecule has 2 rings (SSSR count). The van der Waals surface area contributed by atoms with Gasteiger partial charge in [-0.15, -0.1) is 0 Å². The summed E-state index contributed by atoms with van der Waals surface area (Å²) in [6.07, 6.45) is 0. The molecule has 0 aliphatic carbocycles. The van der Waals surface area contributed by atoms with Crippen LogP contribution in [-0.4, -0.2) is 33.5 Å². The first kappa shape index (κ1) is 13.1. The standard InChI is InChI=1S/C13H19NO4/c1-13(17-7-9(14)8-18-13)11-5-4-10(15-2)6-12(11)16-3/h4-6,9H,7-8,14H2,1-3H3. The molecule has 2 N–H and O–H groups in total. The molecule has 5 nitrogen and oxygen atoms in total. The highest BCUT2D eigenvalue weighted by Gasteiger charge is 2.36. The van der Waals surface area contributed by atoms with Crippen molar-refractivity contribution in [2.75, 3.05) is 27.4 Å². The van der Waals surface area contributed by atoms with Gasteiger partial charge < -0.3 is 24.7 Å². The van der Waals surface area contributed by atoms with Crippen molar-refractivity contribution in [3.8, 4) is 11.5 Å². The Morgan fingerprint density at radius 1 is 1.22 bits per heavy atom. The van der Waals surface area contributed by atoms with Crippen molar-refractivity contribution in [3.05, 3.63) is 23.8 Å². The summed E-state index contributed by atoms with van der Waals surface area (Å²) >= 11 is 0. The maximum absolute atomic E-state index is 5.75. The van der Waals surface area contributed by atoms with E-state index in [1.54, 1.807) is 14.2 Å². The molecule has 5 heteroatoms. The Balaban J connectivity index is 2.32. The largest absolute Gasteiger partial charge is 0.497 e. The summed E-state index contributed by atoms with van der Waals surface area (Å²) in [5.74, 6) is 0.576. The van der Waals surface area contributed by atoms with Crippen molar-refractivity contribution < 1.29 is 18.9 Å². The van der Waals surface area contributed by atoms with E-state index in [1.165, 1.54) is 0 Å². The SMILES string of the molecule is COc1ccc(C2(C)OCC(N)CO2)c(OC)c1. The third kappa shape index (κ3) is 2.43. The summed E-state index contributed by atoms with van der Waals surface area (Å²) in [4.78, 5) is 0. The lowest BCUT2D eigenvalue weighted by Crippen LogP contribution is -2.46. The summed E-state index contributed by atoms with van der Waals surface area (Å²) in [7, 11) is 3.22. The number of benzene rings is 1. The fourth-order valence-electron chi connectivity index (χ4n) is 1.95. The van der Waals surface area contributed by atoms with Crippen LogP contribution in [-0.2, 0) is 15.3 Å². The highest BCUT2D eigenvalue weighted by molar-refractivity contribution is 5.43. The van der Waals surface area contributed by atoms with E-state index in [-0.39, 0.29) is 6.04 Å². The van der Waals surface area contributed by atoms with Gasteiger partial charge in [0, 0.05) is 6.07 Å². The molecule has 1 fully saturated rings. The van der Waals surface area contributed by atoms with Gasteiger partial charge in [0.2, 0.25) is 0 Å². The van der Waals surface area contributed by atoms with Gasteiger partial charge in [-0.1, -0.05) is 0 Å². The molecular weight excluding hydrogens is 234 g/mol. The summed E-state index contributed by atoms with van der Waals surface area (Å²) in [5.41, 5.74) is 6.58. The van der Waals surface area contributed by atoms with Crippen LogP contribution in [0.5, 0.6) is 11.5 Å². The second kappa shape index (κ2) is 5.14. The van der Waals surface area contributed by atoms with Crippen molar-refractivity contribution in [2.45, 2.75) is 18.8 Å². The Bertz CT molecular complexity index is 413. The average molecular weight is 253 g/mol. The first-order valence-corrected chi connectivity index (χ1v) is 5.85. The highest BCUT2D eigenvalue weighted by Crippen LogP contribution is 2.37. The lowest BCUT2D eigenvalue weighted by molar-refractivity contribution is -0.270. The summed E-state index contributed by atoms with van der Waals surface area (Å²) in [6.45, 7) is 2.79. The van der Waals surface area contributed by atoms with Crippen molar-refractivity contribution in [1.29, 1.82) is 0 Å². The van der Waals surface area contributed by atoms with Gasteiger partial charge in [-0.25, -0.2) is 0 Å². The van der Waals surface area contributed by atoms with Crippen molar-refractivity contribution in [1.82, 2.24) is 0 Å². The van der Waals surface area contributed by atoms with Crippen LogP contribution in [0.3, 0.4) is 0 Å². The maximum atomic E-state index is 5.75. The second-order valence-electron chi connectivity index (χ2n) is 4.39. The Labute approximate surface area is 107 Å². The normalized spacial score (nSPS) is 27.9. The minimum atomic E-state index is -0.826. The molecule has 0 radical (unpaired) electrons. The Morgan fingerprint density at radius 3 is 2.44 bits per heavy atom. The van der Waals surface area contributed by atoms with Crippen LogP contribution < -0.4 is 15.2 Å². The van der Waals surface area contributed by atoms with Crippen LogP contribution in [0.25, 0.3) is 0 Å². The average Bonchev–Trinajstić information content (AvgIpc) is 2.41. The molecule has 1 aromatic carbocycles. The molecule has 100 valence electrons. The van der Waals surface area contributed by atoms with Crippen molar-refractivity contribution in [3.63, 3.8) is 0 Å². The van der Waals surface area contributed by atoms with Crippen molar-refractivity contribution >= 4 is 0 Å². The van der Waals surface area contributed by atoms with Crippen LogP contribution in [0.1, 0.15) is 12.5 Å². The van der Waals surface area contributed by atoms with Gasteiger partial charge >= 0.3 is 0 Å². The third-order valence-electron chi connectivity index (χ3n) is 3.04. The highest BCUT2D eigenvalue weighted by atomic mass is 16.7. The van der Waals surface area contributed by atoms with E-state index in [0.717, 1.165) is 11.3 Å². The number of hydrogen-bond acceptors (Lipinski definition) is 5. The molecule has 1 saturated heterocycles. The molecule has 0 spiro atoms. The Hall–Kier alpha value is -1.30. The molecular formula is C13H19NO4. The zero-order valence-corrected chi connectivity index (χ0v) is 10.9. The Kier molecular flexibility index (Phi) is 3.75. The van der Waals surface area contributed by atoms with Gasteiger partial charge in [0.05, 0.1) is 39.0 Å². The minimum absolute atomic E-state index is 0.0812. The predicted molar refractivity (Wildman–Crippen MR) is 66.8 cm³/mol. The zero-order valence-electron chi connectivity index (χ0n) is 10.9. The van der Waals surface area contributed by atoms with Gasteiger partial charge in [0.1, 0.15) is 11.5 Å². The van der Waals surface area contributed by atoms with Crippen LogP contribution in [0.4, 0.5) is 0 Å². The molecule has 0 bridgehead atoms. The fraction of sp³-hybridized carbons (Fsp3) is 0.538. The van der Waals surface area contributed by atoms with Gasteiger partial charge in [-0.2, -0.15) is 0 Å². The minimum Gasteiger partial charge on any atom is -0.497 e. The summed E-state index contributed by atoms with van der Waals surface area (Å²) < 4.78 is 22.0. The summed E-state index contributed by atoms with van der Waals surface area (Å²) in [6, 6.07) is 5.46. The molecule has 0 atom stereocenters. The predicted octanol–water partition coefficient (Wildman–Crippen LogP) is 1.25. The van der Waals surface area contributed by atoms with Gasteiger partial charge in [-0.3, -0.25) is 0 Å². The fourth-order valence-corrected chi connectivity index (χ4v) is 1.95. The molecule has 0 amide bonds. The zero-order chi connectivity index (χ0) is 13.2. The van der Waals surface area contributed by atoms with E-state index in [9.17, 15) is 0 Å². The molecule has 18 heavy (non-hydrogen) atoms. The number of hydrogen-bond donors (Lipinski definition) is 1. The van der Waals surface area contributed by atoms with E-state index in [2.05, 4.69) is 0 Å². The first-order valence-electron chi connectivity index (χ1n) is 5.85. The number of rotatable bonds is 3. The van der Waals surface area contributed by atoms with E-state index in [1.807, 2.05) is 25.1 Å². The first-order chi connectivity index (χ1) is 8.59. The van der Waals surface area contributed by atoms with Crippen LogP contribution in [0, 0.1) is 0 Å². The molecule has 1 aliphatic heterocycles. The molecule has 0 saturated carbocycles. The van der Waals surface area contributed by atoms with Crippen LogP contribution >= 0.6 is 0 Å². The number of methoxy groups -OCH3 is 2. The molecule has 1 heterocycles.